The molecular weight excluding hydrogens is 162 g/mol. The fourth-order valence-electron chi connectivity index (χ4n) is 1.55. The van der Waals surface area contributed by atoms with Crippen molar-refractivity contribution in [3.8, 4) is 0 Å². The van der Waals surface area contributed by atoms with E-state index in [9.17, 15) is 0 Å². The number of hydrogen-bond acceptors (Lipinski definition) is 2. The van der Waals surface area contributed by atoms with E-state index in [1.807, 2.05) is 19.1 Å². The second-order valence-electron chi connectivity index (χ2n) is 3.74. The van der Waals surface area contributed by atoms with Crippen molar-refractivity contribution < 1.29 is 4.42 Å². The Kier molecular flexibility index (Phi) is 3.55. The largest absolute Gasteiger partial charge is 0.465 e. The molecule has 74 valence electrons. The molecule has 0 aliphatic rings. The molecular formula is C11H19NO. The first kappa shape index (κ1) is 10.3. The Bertz CT molecular complexity index is 254. The smallest absolute Gasteiger partial charge is 0.121 e. The summed E-state index contributed by atoms with van der Waals surface area (Å²) in [5.41, 5.74) is 6.04. The third kappa shape index (κ3) is 2.59. The van der Waals surface area contributed by atoms with E-state index in [4.69, 9.17) is 10.2 Å². The number of hydrogen-bond donors (Lipinski definition) is 1. The topological polar surface area (TPSA) is 39.2 Å². The van der Waals surface area contributed by atoms with Crippen LogP contribution in [0.3, 0.4) is 0 Å². The van der Waals surface area contributed by atoms with Crippen LogP contribution in [0.2, 0.25) is 0 Å². The highest BCUT2D eigenvalue weighted by atomic mass is 16.3. The molecule has 0 spiro atoms. The van der Waals surface area contributed by atoms with Crippen LogP contribution in [0.25, 0.3) is 0 Å². The SMILES string of the molecule is CCCC(C)C(N)c1ccc(C)o1. The number of furan rings is 1. The molecule has 2 atom stereocenters. The van der Waals surface area contributed by atoms with Gasteiger partial charge in [0.2, 0.25) is 0 Å². The third-order valence-electron chi connectivity index (χ3n) is 2.45. The maximum Gasteiger partial charge on any atom is 0.121 e. The van der Waals surface area contributed by atoms with Gasteiger partial charge in [-0.3, -0.25) is 0 Å². The predicted octanol–water partition coefficient (Wildman–Crippen LogP) is 3.02. The summed E-state index contributed by atoms with van der Waals surface area (Å²) in [6.07, 6.45) is 2.33. The van der Waals surface area contributed by atoms with Crippen molar-refractivity contribution in [2.45, 2.75) is 39.7 Å². The minimum absolute atomic E-state index is 0.0497. The highest BCUT2D eigenvalue weighted by Crippen LogP contribution is 2.24. The molecule has 0 fully saturated rings. The van der Waals surface area contributed by atoms with Crippen LogP contribution in [0.15, 0.2) is 16.5 Å². The van der Waals surface area contributed by atoms with E-state index < -0.39 is 0 Å². The maximum absolute atomic E-state index is 6.04. The van der Waals surface area contributed by atoms with Gasteiger partial charge < -0.3 is 10.2 Å². The van der Waals surface area contributed by atoms with Gasteiger partial charge in [-0.1, -0.05) is 20.3 Å². The lowest BCUT2D eigenvalue weighted by Gasteiger charge is -2.16. The zero-order valence-electron chi connectivity index (χ0n) is 8.71. The molecule has 0 bridgehead atoms. The number of nitrogens with two attached hydrogens (primary N) is 1. The molecule has 0 amide bonds. The Morgan fingerprint density at radius 3 is 2.62 bits per heavy atom. The second kappa shape index (κ2) is 4.47. The van der Waals surface area contributed by atoms with Crippen LogP contribution >= 0.6 is 0 Å². The van der Waals surface area contributed by atoms with Crippen LogP contribution in [0.5, 0.6) is 0 Å². The summed E-state index contributed by atoms with van der Waals surface area (Å²) in [6, 6.07) is 3.99. The molecule has 1 aromatic rings. The summed E-state index contributed by atoms with van der Waals surface area (Å²) < 4.78 is 5.49. The Hall–Kier alpha value is -0.760. The molecule has 0 saturated heterocycles. The molecule has 2 unspecified atom stereocenters. The highest BCUT2D eigenvalue weighted by Gasteiger charge is 2.16. The summed E-state index contributed by atoms with van der Waals surface area (Å²) in [6.45, 7) is 6.29. The van der Waals surface area contributed by atoms with E-state index >= 15 is 0 Å². The summed E-state index contributed by atoms with van der Waals surface area (Å²) in [4.78, 5) is 0. The molecule has 1 heterocycles. The van der Waals surface area contributed by atoms with E-state index in [2.05, 4.69) is 13.8 Å². The molecule has 1 aromatic heterocycles. The summed E-state index contributed by atoms with van der Waals surface area (Å²) in [7, 11) is 0. The van der Waals surface area contributed by atoms with Crippen molar-refractivity contribution in [3.63, 3.8) is 0 Å². The van der Waals surface area contributed by atoms with Gasteiger partial charge in [-0.05, 0) is 31.4 Å². The molecule has 2 heteroatoms. The van der Waals surface area contributed by atoms with Crippen molar-refractivity contribution >= 4 is 0 Å². The Morgan fingerprint density at radius 2 is 2.15 bits per heavy atom. The van der Waals surface area contributed by atoms with Crippen LogP contribution in [-0.2, 0) is 0 Å². The van der Waals surface area contributed by atoms with Gasteiger partial charge in [-0.2, -0.15) is 0 Å². The van der Waals surface area contributed by atoms with Gasteiger partial charge in [-0.15, -0.1) is 0 Å². The van der Waals surface area contributed by atoms with Crippen LogP contribution in [0, 0.1) is 12.8 Å². The van der Waals surface area contributed by atoms with E-state index in [0.717, 1.165) is 17.9 Å². The average molecular weight is 181 g/mol. The molecule has 13 heavy (non-hydrogen) atoms. The minimum Gasteiger partial charge on any atom is -0.465 e. The normalized spacial score (nSPS) is 15.7. The number of rotatable bonds is 4. The van der Waals surface area contributed by atoms with Crippen molar-refractivity contribution in [2.24, 2.45) is 11.7 Å². The van der Waals surface area contributed by atoms with E-state index in [-0.39, 0.29) is 6.04 Å². The molecule has 0 radical (unpaired) electrons. The fourth-order valence-corrected chi connectivity index (χ4v) is 1.55. The lowest BCUT2D eigenvalue weighted by Crippen LogP contribution is -2.18. The maximum atomic E-state index is 6.04. The van der Waals surface area contributed by atoms with Crippen molar-refractivity contribution in [1.29, 1.82) is 0 Å². The third-order valence-corrected chi connectivity index (χ3v) is 2.45. The van der Waals surface area contributed by atoms with Gasteiger partial charge in [0.1, 0.15) is 11.5 Å². The van der Waals surface area contributed by atoms with Gasteiger partial charge >= 0.3 is 0 Å². The van der Waals surface area contributed by atoms with Crippen LogP contribution < -0.4 is 5.73 Å². The Balaban J connectivity index is 2.61. The van der Waals surface area contributed by atoms with E-state index in [1.165, 1.54) is 6.42 Å². The number of aryl methyl sites for hydroxylation is 1. The van der Waals surface area contributed by atoms with Crippen molar-refractivity contribution in [1.82, 2.24) is 0 Å². The standard InChI is InChI=1S/C11H19NO/c1-4-5-8(2)11(12)10-7-6-9(3)13-10/h6-8,11H,4-5,12H2,1-3H3. The molecule has 0 aromatic carbocycles. The van der Waals surface area contributed by atoms with Crippen LogP contribution in [-0.4, -0.2) is 0 Å². The van der Waals surface area contributed by atoms with Crippen LogP contribution in [0.4, 0.5) is 0 Å². The molecule has 0 saturated carbocycles. The van der Waals surface area contributed by atoms with Gasteiger partial charge in [0, 0.05) is 0 Å². The molecule has 2 nitrogen and oxygen atoms in total. The monoisotopic (exact) mass is 181 g/mol. The van der Waals surface area contributed by atoms with E-state index in [0.29, 0.717) is 5.92 Å². The Labute approximate surface area is 80.1 Å². The summed E-state index contributed by atoms with van der Waals surface area (Å²) in [5.74, 6) is 2.35. The molecule has 1 rings (SSSR count). The van der Waals surface area contributed by atoms with E-state index in [1.54, 1.807) is 0 Å². The quantitative estimate of drug-likeness (QED) is 0.775. The first-order valence-corrected chi connectivity index (χ1v) is 4.97. The summed E-state index contributed by atoms with van der Waals surface area (Å²) in [5, 5.41) is 0. The predicted molar refractivity (Wildman–Crippen MR) is 54.4 cm³/mol. The average Bonchev–Trinajstić information content (AvgIpc) is 2.51. The molecule has 2 N–H and O–H groups in total. The summed E-state index contributed by atoms with van der Waals surface area (Å²) >= 11 is 0. The zero-order valence-corrected chi connectivity index (χ0v) is 8.71. The van der Waals surface area contributed by atoms with Crippen molar-refractivity contribution in [3.05, 3.63) is 23.7 Å². The van der Waals surface area contributed by atoms with Crippen LogP contribution in [0.1, 0.15) is 44.3 Å². The lowest BCUT2D eigenvalue weighted by molar-refractivity contribution is 0.358. The first-order chi connectivity index (χ1) is 6.15. The lowest BCUT2D eigenvalue weighted by atomic mass is 9.96. The van der Waals surface area contributed by atoms with Gasteiger partial charge in [0.25, 0.3) is 0 Å². The van der Waals surface area contributed by atoms with Gasteiger partial charge in [-0.25, -0.2) is 0 Å². The zero-order chi connectivity index (χ0) is 9.84. The molecule has 0 aliphatic carbocycles. The minimum atomic E-state index is 0.0497. The Morgan fingerprint density at radius 1 is 1.46 bits per heavy atom. The van der Waals surface area contributed by atoms with Gasteiger partial charge in [0.15, 0.2) is 0 Å². The van der Waals surface area contributed by atoms with Gasteiger partial charge in [0.05, 0.1) is 6.04 Å². The van der Waals surface area contributed by atoms with Crippen molar-refractivity contribution in [2.75, 3.05) is 0 Å². The fraction of sp³-hybridized carbons (Fsp3) is 0.636. The molecule has 0 aliphatic heterocycles. The second-order valence-corrected chi connectivity index (χ2v) is 3.74. The highest BCUT2D eigenvalue weighted by molar-refractivity contribution is 5.09. The first-order valence-electron chi connectivity index (χ1n) is 4.97.